The molecule has 0 fully saturated rings. The molecule has 8 heteroatoms. The molecule has 0 heterocycles. The first kappa shape index (κ1) is 29.4. The van der Waals surface area contributed by atoms with Crippen LogP contribution in [0.4, 0.5) is 0 Å². The summed E-state index contributed by atoms with van der Waals surface area (Å²) < 4.78 is 5.08. The maximum Gasteiger partial charge on any atom is 0.328 e. The first-order chi connectivity index (χ1) is 16.5. The van der Waals surface area contributed by atoms with Crippen LogP contribution in [0.25, 0.3) is 0 Å². The molecule has 2 aromatic carbocycles. The molecule has 0 saturated heterocycles. The van der Waals surface area contributed by atoms with Gasteiger partial charge in [0.25, 0.3) is 0 Å². The van der Waals surface area contributed by atoms with E-state index in [0.717, 1.165) is 16.7 Å². The molecular weight excluding hydrogens is 448 g/mol. The van der Waals surface area contributed by atoms with Crippen molar-refractivity contribution in [2.75, 3.05) is 6.61 Å². The Bertz CT molecular complexity index is 957. The summed E-state index contributed by atoms with van der Waals surface area (Å²) in [5.41, 5.74) is 2.95. The van der Waals surface area contributed by atoms with Crippen LogP contribution in [0.2, 0.25) is 0 Å². The summed E-state index contributed by atoms with van der Waals surface area (Å²) in [5, 5.41) is 13.6. The minimum Gasteiger partial charge on any atom is -0.480 e. The topological polar surface area (TPSA) is 122 Å². The van der Waals surface area contributed by atoms with E-state index in [1.165, 1.54) is 6.92 Å². The van der Waals surface area contributed by atoms with E-state index in [1.54, 1.807) is 6.92 Å². The molecule has 2 rings (SSSR count). The third-order valence-corrected chi connectivity index (χ3v) is 4.73. The average molecular weight is 485 g/mol. The van der Waals surface area contributed by atoms with Gasteiger partial charge in [-0.2, -0.15) is 0 Å². The van der Waals surface area contributed by atoms with Crippen molar-refractivity contribution in [2.45, 2.75) is 59.5 Å². The number of esters is 1. The van der Waals surface area contributed by atoms with Crippen molar-refractivity contribution in [1.29, 1.82) is 0 Å². The fourth-order valence-electron chi connectivity index (χ4n) is 2.75. The highest BCUT2D eigenvalue weighted by atomic mass is 16.5. The van der Waals surface area contributed by atoms with Gasteiger partial charge in [-0.05, 0) is 37.8 Å². The monoisotopic (exact) mass is 484 g/mol. The van der Waals surface area contributed by atoms with Gasteiger partial charge in [-0.3, -0.25) is 14.4 Å². The van der Waals surface area contributed by atoms with Crippen molar-refractivity contribution in [3.8, 4) is 0 Å². The van der Waals surface area contributed by atoms with E-state index in [2.05, 4.69) is 10.6 Å². The third-order valence-electron chi connectivity index (χ3n) is 4.73. The van der Waals surface area contributed by atoms with Crippen LogP contribution >= 0.6 is 0 Å². The number of carbonyl (C=O) groups excluding carboxylic acids is 3. The molecule has 0 aliphatic heterocycles. The van der Waals surface area contributed by atoms with E-state index in [9.17, 15) is 19.2 Å². The molecule has 0 radical (unpaired) electrons. The zero-order chi connectivity index (χ0) is 26.4. The number of carboxylic acids is 1. The van der Waals surface area contributed by atoms with Gasteiger partial charge < -0.3 is 20.5 Å². The number of nitrogens with one attached hydrogen (secondary N) is 2. The minimum absolute atomic E-state index is 0.178. The van der Waals surface area contributed by atoms with Crippen molar-refractivity contribution >= 4 is 23.8 Å². The number of benzene rings is 2. The highest BCUT2D eigenvalue weighted by Gasteiger charge is 2.17. The van der Waals surface area contributed by atoms with Gasteiger partial charge in [0, 0.05) is 0 Å². The Morgan fingerprint density at radius 2 is 1.26 bits per heavy atom. The molecule has 0 aliphatic rings. The smallest absolute Gasteiger partial charge is 0.328 e. The van der Waals surface area contributed by atoms with E-state index >= 15 is 0 Å². The van der Waals surface area contributed by atoms with Crippen molar-refractivity contribution < 1.29 is 29.0 Å². The molecule has 0 saturated carbocycles. The number of ether oxygens (including phenoxy) is 1. The Labute approximate surface area is 207 Å². The molecule has 2 atom stereocenters. The lowest BCUT2D eigenvalue weighted by Gasteiger charge is -2.14. The van der Waals surface area contributed by atoms with Crippen LogP contribution in [-0.4, -0.2) is 47.6 Å². The third kappa shape index (κ3) is 13.0. The first-order valence-electron chi connectivity index (χ1n) is 11.6. The highest BCUT2D eigenvalue weighted by molar-refractivity contribution is 5.85. The van der Waals surface area contributed by atoms with Gasteiger partial charge in [-0.1, -0.05) is 74.0 Å². The van der Waals surface area contributed by atoms with E-state index < -0.39 is 24.0 Å². The Morgan fingerprint density at radius 3 is 1.74 bits per heavy atom. The zero-order valence-corrected chi connectivity index (χ0v) is 21.0. The Hall–Kier alpha value is -3.68. The number of carbonyl (C=O) groups is 4. The van der Waals surface area contributed by atoms with Gasteiger partial charge in [0.1, 0.15) is 12.1 Å². The molecule has 2 amide bonds. The predicted octanol–water partition coefficient (Wildman–Crippen LogP) is 3.06. The van der Waals surface area contributed by atoms with Crippen molar-refractivity contribution in [3.63, 3.8) is 0 Å². The molecule has 0 unspecified atom stereocenters. The lowest BCUT2D eigenvalue weighted by Crippen LogP contribution is -2.40. The second kappa shape index (κ2) is 15.3. The number of hydrogen-bond donors (Lipinski definition) is 3. The number of amides is 2. The molecule has 8 nitrogen and oxygen atoms in total. The van der Waals surface area contributed by atoms with Gasteiger partial charge >= 0.3 is 11.9 Å². The van der Waals surface area contributed by atoms with E-state index in [0.29, 0.717) is 6.61 Å². The van der Waals surface area contributed by atoms with Crippen LogP contribution in [0.3, 0.4) is 0 Å². The summed E-state index contributed by atoms with van der Waals surface area (Å²) >= 11 is 0. The Morgan fingerprint density at radius 1 is 0.771 bits per heavy atom. The Balaban J connectivity index is 0.000000365. The second-order valence-corrected chi connectivity index (χ2v) is 8.77. The maximum atomic E-state index is 11.8. The van der Waals surface area contributed by atoms with Crippen LogP contribution in [0.5, 0.6) is 0 Å². The first-order valence-corrected chi connectivity index (χ1v) is 11.6. The number of rotatable bonds is 10. The number of carboxylic acid groups (broad SMARTS) is 1. The molecule has 190 valence electrons. The second-order valence-electron chi connectivity index (χ2n) is 8.77. The summed E-state index contributed by atoms with van der Waals surface area (Å²) in [6.45, 7) is 9.37. The van der Waals surface area contributed by atoms with E-state index in [-0.39, 0.29) is 30.6 Å². The molecule has 3 N–H and O–H groups in total. The minimum atomic E-state index is -1.03. The van der Waals surface area contributed by atoms with Crippen LogP contribution in [-0.2, 0) is 36.8 Å². The van der Waals surface area contributed by atoms with Crippen molar-refractivity contribution in [1.82, 2.24) is 10.6 Å². The van der Waals surface area contributed by atoms with Gasteiger partial charge in [-0.15, -0.1) is 0 Å². The summed E-state index contributed by atoms with van der Waals surface area (Å²) in [6.07, 6.45) is 0.473. The van der Waals surface area contributed by atoms with E-state index in [4.69, 9.17) is 9.84 Å². The van der Waals surface area contributed by atoms with Crippen LogP contribution in [0.1, 0.15) is 44.4 Å². The molecule has 0 spiro atoms. The SMILES string of the molecule is C[C@H](NC(=O)Cc1ccccc1)C(=O)O.Cc1ccc(CC(=O)N[C@@H](C)C(=O)OCC(C)C)cc1. The van der Waals surface area contributed by atoms with Gasteiger partial charge in [-0.25, -0.2) is 4.79 Å². The fourth-order valence-corrected chi connectivity index (χ4v) is 2.75. The lowest BCUT2D eigenvalue weighted by atomic mass is 10.1. The van der Waals surface area contributed by atoms with Gasteiger partial charge in [0.2, 0.25) is 11.8 Å². The number of aliphatic carboxylic acids is 1. The quantitative estimate of drug-likeness (QED) is 0.446. The maximum absolute atomic E-state index is 11.8. The summed E-state index contributed by atoms with van der Waals surface area (Å²) in [4.78, 5) is 45.3. The van der Waals surface area contributed by atoms with E-state index in [1.807, 2.05) is 75.4 Å². The van der Waals surface area contributed by atoms with Crippen molar-refractivity contribution in [2.24, 2.45) is 5.92 Å². The molecule has 0 bridgehead atoms. The molecule has 2 aromatic rings. The van der Waals surface area contributed by atoms with Crippen LogP contribution in [0.15, 0.2) is 54.6 Å². The molecule has 0 aliphatic carbocycles. The Kier molecular flexibility index (Phi) is 12.8. The largest absolute Gasteiger partial charge is 0.480 e. The summed E-state index contributed by atoms with van der Waals surface area (Å²) in [7, 11) is 0. The van der Waals surface area contributed by atoms with Crippen LogP contribution in [0, 0.1) is 12.8 Å². The zero-order valence-electron chi connectivity index (χ0n) is 21.0. The van der Waals surface area contributed by atoms with Gasteiger partial charge in [0.05, 0.1) is 19.4 Å². The summed E-state index contributed by atoms with van der Waals surface area (Å²) in [6, 6.07) is 15.5. The predicted molar refractivity (Wildman–Crippen MR) is 134 cm³/mol. The standard InChI is InChI=1S/C16H23NO3.C11H13NO3/c1-11(2)10-20-16(19)13(4)17-15(18)9-14-7-5-12(3)6-8-14;1-8(11(14)15)12-10(13)7-9-5-3-2-4-6-9/h5-8,11,13H,9-10H2,1-4H3,(H,17,18);2-6,8H,7H2,1H3,(H,12,13)(H,14,15)/t13-;8-/m00/s1. The number of aryl methyl sites for hydroxylation is 1. The normalized spacial score (nSPS) is 11.9. The summed E-state index contributed by atoms with van der Waals surface area (Å²) in [5.74, 6) is -1.60. The van der Waals surface area contributed by atoms with Gasteiger partial charge in [0.15, 0.2) is 0 Å². The fraction of sp³-hybridized carbons (Fsp3) is 0.407. The average Bonchev–Trinajstić information content (AvgIpc) is 2.79. The number of hydrogen-bond acceptors (Lipinski definition) is 5. The molecule has 35 heavy (non-hydrogen) atoms. The van der Waals surface area contributed by atoms with Crippen LogP contribution < -0.4 is 10.6 Å². The molecule has 0 aromatic heterocycles. The van der Waals surface area contributed by atoms with Crippen molar-refractivity contribution in [3.05, 3.63) is 71.3 Å². The molecular formula is C27H36N2O6. The lowest BCUT2D eigenvalue weighted by molar-refractivity contribution is -0.148. The highest BCUT2D eigenvalue weighted by Crippen LogP contribution is 2.04.